The van der Waals surface area contributed by atoms with E-state index < -0.39 is 66.9 Å². The number of amides is 3. The van der Waals surface area contributed by atoms with Gasteiger partial charge in [-0.3, -0.25) is 19.2 Å². The largest absolute Gasteiger partial charge is 0.481 e. The summed E-state index contributed by atoms with van der Waals surface area (Å²) < 4.78 is 0. The van der Waals surface area contributed by atoms with Crippen LogP contribution >= 0.6 is 0 Å². The summed E-state index contributed by atoms with van der Waals surface area (Å²) in [6.07, 6.45) is -0.826. The van der Waals surface area contributed by atoms with Crippen LogP contribution < -0.4 is 21.7 Å². The van der Waals surface area contributed by atoms with Crippen LogP contribution in [0.1, 0.15) is 20.3 Å². The van der Waals surface area contributed by atoms with Crippen LogP contribution in [0, 0.1) is 0 Å². The zero-order chi connectivity index (χ0) is 19.7. The van der Waals surface area contributed by atoms with Crippen molar-refractivity contribution in [2.75, 3.05) is 6.61 Å². The molecule has 25 heavy (non-hydrogen) atoms. The fourth-order valence-corrected chi connectivity index (χ4v) is 1.54. The Morgan fingerprint density at radius 1 is 0.880 bits per heavy atom. The molecule has 8 N–H and O–H groups in total. The Balaban J connectivity index is 4.64. The first-order chi connectivity index (χ1) is 11.5. The van der Waals surface area contributed by atoms with Crippen LogP contribution in [-0.2, 0) is 24.0 Å². The zero-order valence-electron chi connectivity index (χ0n) is 13.7. The predicted octanol–water partition coefficient (Wildman–Crippen LogP) is -3.64. The summed E-state index contributed by atoms with van der Waals surface area (Å²) in [7, 11) is 0. The van der Waals surface area contributed by atoms with Crippen molar-refractivity contribution >= 4 is 29.7 Å². The van der Waals surface area contributed by atoms with E-state index >= 15 is 0 Å². The summed E-state index contributed by atoms with van der Waals surface area (Å²) in [5.74, 6) is -5.39. The molecule has 12 nitrogen and oxygen atoms in total. The Bertz CT molecular complexity index is 538. The van der Waals surface area contributed by atoms with Gasteiger partial charge in [-0.1, -0.05) is 0 Å². The number of hydrogen-bond donors (Lipinski definition) is 7. The number of nitrogens with one attached hydrogen (secondary N) is 3. The third-order valence-electron chi connectivity index (χ3n) is 3.03. The van der Waals surface area contributed by atoms with Crippen molar-refractivity contribution in [3.8, 4) is 0 Å². The van der Waals surface area contributed by atoms with Crippen LogP contribution in [0.25, 0.3) is 0 Å². The molecule has 4 atom stereocenters. The van der Waals surface area contributed by atoms with Crippen LogP contribution in [0.4, 0.5) is 0 Å². The highest BCUT2D eigenvalue weighted by Gasteiger charge is 2.27. The van der Waals surface area contributed by atoms with Crippen LogP contribution in [0.2, 0.25) is 0 Å². The second kappa shape index (κ2) is 10.2. The fraction of sp³-hybridized carbons (Fsp3) is 0.615. The molecule has 0 aromatic rings. The number of carbonyl (C=O) groups is 5. The van der Waals surface area contributed by atoms with Gasteiger partial charge in [0.2, 0.25) is 17.7 Å². The average Bonchev–Trinajstić information content (AvgIpc) is 2.52. The molecular formula is C13H22N4O8. The molecule has 0 aromatic carbocycles. The van der Waals surface area contributed by atoms with Gasteiger partial charge in [0.25, 0.3) is 0 Å². The molecule has 0 radical (unpaired) electrons. The molecule has 0 aromatic heterocycles. The Morgan fingerprint density at radius 3 is 1.72 bits per heavy atom. The van der Waals surface area contributed by atoms with Gasteiger partial charge >= 0.3 is 11.9 Å². The quantitative estimate of drug-likeness (QED) is 0.204. The number of carboxylic acid groups (broad SMARTS) is 2. The zero-order valence-corrected chi connectivity index (χ0v) is 13.7. The molecule has 0 bridgehead atoms. The van der Waals surface area contributed by atoms with E-state index in [9.17, 15) is 24.0 Å². The van der Waals surface area contributed by atoms with Gasteiger partial charge in [0.05, 0.1) is 13.0 Å². The molecular weight excluding hydrogens is 340 g/mol. The third kappa shape index (κ3) is 8.08. The van der Waals surface area contributed by atoms with Gasteiger partial charge in [-0.2, -0.15) is 0 Å². The fourth-order valence-electron chi connectivity index (χ4n) is 1.54. The molecule has 0 heterocycles. The Kier molecular flexibility index (Phi) is 9.09. The molecule has 0 unspecified atom stereocenters. The van der Waals surface area contributed by atoms with E-state index in [4.69, 9.17) is 21.1 Å². The lowest BCUT2D eigenvalue weighted by Gasteiger charge is -2.20. The molecule has 0 saturated heterocycles. The summed E-state index contributed by atoms with van der Waals surface area (Å²) in [5, 5.41) is 32.6. The van der Waals surface area contributed by atoms with Crippen molar-refractivity contribution in [3.05, 3.63) is 0 Å². The number of nitrogens with two attached hydrogens (primary N) is 1. The van der Waals surface area contributed by atoms with E-state index in [1.807, 2.05) is 5.32 Å². The molecule has 0 aliphatic carbocycles. The standard InChI is InChI=1S/C13H22N4O8/c1-5(16-12(23)7(14)4-18)10(21)15-6(2)11(22)17-8(13(24)25)3-9(19)20/h5-8,18H,3-4,14H2,1-2H3,(H,15,21)(H,16,23)(H,17,22)(H,19,20)(H,24,25)/t5-,6-,7-,8-/m0/s1. The van der Waals surface area contributed by atoms with Gasteiger partial charge < -0.3 is 37.0 Å². The summed E-state index contributed by atoms with van der Waals surface area (Å²) in [6.45, 7) is 1.95. The average molecular weight is 362 g/mol. The van der Waals surface area contributed by atoms with Crippen molar-refractivity contribution in [1.82, 2.24) is 16.0 Å². The van der Waals surface area contributed by atoms with Crippen LogP contribution in [0.5, 0.6) is 0 Å². The Morgan fingerprint density at radius 2 is 1.32 bits per heavy atom. The second-order valence-corrected chi connectivity index (χ2v) is 5.25. The Labute approximate surface area is 142 Å². The maximum Gasteiger partial charge on any atom is 0.326 e. The van der Waals surface area contributed by atoms with Crippen LogP contribution in [0.15, 0.2) is 0 Å². The van der Waals surface area contributed by atoms with Gasteiger partial charge in [0.15, 0.2) is 0 Å². The summed E-state index contributed by atoms with van der Waals surface area (Å²) in [5.41, 5.74) is 5.28. The lowest BCUT2D eigenvalue weighted by atomic mass is 10.2. The second-order valence-electron chi connectivity index (χ2n) is 5.25. The number of rotatable bonds is 10. The number of aliphatic hydroxyl groups is 1. The lowest BCUT2D eigenvalue weighted by molar-refractivity contribution is -0.147. The highest BCUT2D eigenvalue weighted by atomic mass is 16.4. The first kappa shape index (κ1) is 22.3. The lowest BCUT2D eigenvalue weighted by Crippen LogP contribution is -2.56. The van der Waals surface area contributed by atoms with Gasteiger partial charge in [-0.15, -0.1) is 0 Å². The molecule has 0 rings (SSSR count). The number of carbonyl (C=O) groups excluding carboxylic acids is 3. The highest BCUT2D eigenvalue weighted by Crippen LogP contribution is 1.95. The first-order valence-corrected chi connectivity index (χ1v) is 7.21. The minimum Gasteiger partial charge on any atom is -0.481 e. The molecule has 142 valence electrons. The smallest absolute Gasteiger partial charge is 0.326 e. The van der Waals surface area contributed by atoms with Crippen molar-refractivity contribution in [3.63, 3.8) is 0 Å². The molecule has 0 saturated carbocycles. The molecule has 0 fully saturated rings. The summed E-state index contributed by atoms with van der Waals surface area (Å²) in [4.78, 5) is 56.6. The van der Waals surface area contributed by atoms with Crippen molar-refractivity contribution in [2.24, 2.45) is 5.73 Å². The van der Waals surface area contributed by atoms with Crippen LogP contribution in [-0.4, -0.2) is 75.8 Å². The number of hydrogen-bond acceptors (Lipinski definition) is 7. The third-order valence-corrected chi connectivity index (χ3v) is 3.03. The van der Waals surface area contributed by atoms with E-state index in [2.05, 4.69) is 10.6 Å². The first-order valence-electron chi connectivity index (χ1n) is 7.21. The molecule has 12 heteroatoms. The summed E-state index contributed by atoms with van der Waals surface area (Å²) in [6, 6.07) is -5.11. The predicted molar refractivity (Wildman–Crippen MR) is 82.1 cm³/mol. The highest BCUT2D eigenvalue weighted by molar-refractivity contribution is 5.94. The Hall–Kier alpha value is -2.73. The van der Waals surface area contributed by atoms with Crippen LogP contribution in [0.3, 0.4) is 0 Å². The van der Waals surface area contributed by atoms with Crippen molar-refractivity contribution in [1.29, 1.82) is 0 Å². The van der Waals surface area contributed by atoms with E-state index in [-0.39, 0.29) is 0 Å². The maximum atomic E-state index is 11.9. The number of carboxylic acids is 2. The van der Waals surface area contributed by atoms with Gasteiger partial charge in [0, 0.05) is 0 Å². The van der Waals surface area contributed by atoms with E-state index in [0.29, 0.717) is 0 Å². The van der Waals surface area contributed by atoms with E-state index in [0.717, 1.165) is 0 Å². The van der Waals surface area contributed by atoms with Crippen molar-refractivity contribution < 1.29 is 39.3 Å². The van der Waals surface area contributed by atoms with Gasteiger partial charge in [-0.05, 0) is 13.8 Å². The molecule has 0 aliphatic heterocycles. The number of aliphatic hydroxyl groups excluding tert-OH is 1. The maximum absolute atomic E-state index is 11.9. The topological polar surface area (TPSA) is 208 Å². The molecule has 0 aliphatic rings. The number of aliphatic carboxylic acids is 2. The minimum atomic E-state index is -1.65. The molecule has 3 amide bonds. The van der Waals surface area contributed by atoms with Crippen molar-refractivity contribution in [2.45, 2.75) is 44.4 Å². The normalized spacial score (nSPS) is 15.2. The van der Waals surface area contributed by atoms with E-state index in [1.165, 1.54) is 13.8 Å². The molecule has 0 spiro atoms. The SMILES string of the molecule is C[C@H](NC(=O)[C@H](C)NC(=O)[C@@H](N)CO)C(=O)N[C@@H](CC(=O)O)C(=O)O. The van der Waals surface area contributed by atoms with E-state index in [1.54, 1.807) is 0 Å². The monoisotopic (exact) mass is 362 g/mol. The van der Waals surface area contributed by atoms with Gasteiger partial charge in [0.1, 0.15) is 24.2 Å². The minimum absolute atomic E-state index is 0.612. The van der Waals surface area contributed by atoms with Gasteiger partial charge in [-0.25, -0.2) is 4.79 Å². The summed E-state index contributed by atoms with van der Waals surface area (Å²) >= 11 is 0.